The highest BCUT2D eigenvalue weighted by molar-refractivity contribution is 7.93. The van der Waals surface area contributed by atoms with Crippen molar-refractivity contribution in [1.82, 2.24) is 10.0 Å². The summed E-state index contributed by atoms with van der Waals surface area (Å²) in [4.78, 5) is 11.3. The Balaban J connectivity index is 4.12. The van der Waals surface area contributed by atoms with Gasteiger partial charge in [0.15, 0.2) is 0 Å². The summed E-state index contributed by atoms with van der Waals surface area (Å²) in [5, 5.41) is 1.68. The van der Waals surface area contributed by atoms with E-state index >= 15 is 0 Å². The van der Waals surface area contributed by atoms with E-state index in [1.807, 2.05) is 0 Å². The van der Waals surface area contributed by atoms with Crippen molar-refractivity contribution in [3.8, 4) is 0 Å². The van der Waals surface area contributed by atoms with E-state index in [4.69, 9.17) is 22.7 Å². The second-order valence-electron chi connectivity index (χ2n) is 3.83. The van der Waals surface area contributed by atoms with Gasteiger partial charge in [0.05, 0.1) is 11.6 Å². The van der Waals surface area contributed by atoms with Crippen LogP contribution in [0.5, 0.6) is 0 Å². The number of amides is 1. The van der Waals surface area contributed by atoms with Gasteiger partial charge in [0.2, 0.25) is 15.9 Å². The molecule has 0 heterocycles. The molecule has 4 N–H and O–H groups in total. The number of carbonyl (C=O) groups is 1. The van der Waals surface area contributed by atoms with Crippen molar-refractivity contribution in [1.29, 1.82) is 0 Å². The summed E-state index contributed by atoms with van der Waals surface area (Å²) >= 11 is 4.70. The van der Waals surface area contributed by atoms with Gasteiger partial charge >= 0.3 is 0 Å². The number of rotatable bonds is 10. The Morgan fingerprint density at radius 1 is 1.42 bits per heavy atom. The van der Waals surface area contributed by atoms with Crippen LogP contribution in [0.2, 0.25) is 0 Å². The Labute approximate surface area is 119 Å². The van der Waals surface area contributed by atoms with E-state index in [1.165, 1.54) is 7.11 Å². The molecule has 0 aliphatic rings. The van der Waals surface area contributed by atoms with E-state index in [9.17, 15) is 13.2 Å². The van der Waals surface area contributed by atoms with E-state index in [-0.39, 0.29) is 23.9 Å². The Morgan fingerprint density at radius 2 is 2.05 bits per heavy atom. The van der Waals surface area contributed by atoms with Crippen molar-refractivity contribution in [3.63, 3.8) is 0 Å². The van der Waals surface area contributed by atoms with Crippen LogP contribution >= 0.6 is 12.2 Å². The van der Waals surface area contributed by atoms with Crippen LogP contribution < -0.4 is 15.8 Å². The van der Waals surface area contributed by atoms with Crippen molar-refractivity contribution in [3.05, 3.63) is 0 Å². The predicted molar refractivity (Wildman–Crippen MR) is 77.3 cm³/mol. The zero-order chi connectivity index (χ0) is 14.9. The lowest BCUT2D eigenvalue weighted by Gasteiger charge is -2.15. The van der Waals surface area contributed by atoms with Gasteiger partial charge in [0.1, 0.15) is 5.25 Å². The molecule has 0 aromatic carbocycles. The number of ether oxygens (including phenoxy) is 1. The average molecular weight is 311 g/mol. The van der Waals surface area contributed by atoms with Crippen LogP contribution in [0.15, 0.2) is 0 Å². The molecule has 0 saturated carbocycles. The summed E-state index contributed by atoms with van der Waals surface area (Å²) in [5.74, 6) is -0.247. The molecule has 9 heteroatoms. The van der Waals surface area contributed by atoms with E-state index in [1.54, 1.807) is 6.92 Å². The molecular weight excluding hydrogens is 290 g/mol. The quantitative estimate of drug-likeness (QED) is 0.357. The lowest BCUT2D eigenvalue weighted by Crippen LogP contribution is -2.42. The van der Waals surface area contributed by atoms with Gasteiger partial charge in [0.25, 0.3) is 0 Å². The van der Waals surface area contributed by atoms with Crippen LogP contribution in [0.25, 0.3) is 0 Å². The van der Waals surface area contributed by atoms with Crippen LogP contribution in [-0.2, 0) is 19.6 Å². The van der Waals surface area contributed by atoms with Crippen molar-refractivity contribution in [2.75, 3.05) is 26.8 Å². The van der Waals surface area contributed by atoms with Crippen LogP contribution in [0.1, 0.15) is 19.8 Å². The Bertz CT molecular complexity index is 398. The van der Waals surface area contributed by atoms with Gasteiger partial charge in [-0.05, 0) is 6.42 Å². The largest absolute Gasteiger partial charge is 0.392 e. The van der Waals surface area contributed by atoms with E-state index in [2.05, 4.69) is 10.0 Å². The first-order valence-electron chi connectivity index (χ1n) is 5.88. The number of methoxy groups -OCH3 is 1. The molecule has 0 spiro atoms. The summed E-state index contributed by atoms with van der Waals surface area (Å²) in [6.07, 6.45) is 0.349. The molecule has 0 radical (unpaired) electrons. The van der Waals surface area contributed by atoms with E-state index < -0.39 is 15.3 Å². The molecule has 0 rings (SSSR count). The lowest BCUT2D eigenvalue weighted by molar-refractivity contribution is -0.121. The highest BCUT2D eigenvalue weighted by Gasteiger charge is 2.25. The summed E-state index contributed by atoms with van der Waals surface area (Å²) in [7, 11) is -2.08. The zero-order valence-electron chi connectivity index (χ0n) is 11.1. The molecule has 0 bridgehead atoms. The molecule has 1 unspecified atom stereocenters. The highest BCUT2D eigenvalue weighted by Crippen LogP contribution is 2.04. The maximum absolute atomic E-state index is 11.8. The van der Waals surface area contributed by atoms with Gasteiger partial charge in [-0.3, -0.25) is 4.79 Å². The first kappa shape index (κ1) is 18.2. The van der Waals surface area contributed by atoms with E-state index in [0.717, 1.165) is 0 Å². The van der Waals surface area contributed by atoms with Crippen LogP contribution in [0.3, 0.4) is 0 Å². The summed E-state index contributed by atoms with van der Waals surface area (Å²) in [6, 6.07) is 0. The van der Waals surface area contributed by atoms with Gasteiger partial charge in [-0.1, -0.05) is 19.1 Å². The second-order valence-corrected chi connectivity index (χ2v) is 6.25. The standard InChI is InChI=1S/C10H21N3O4S2/c1-3-8(10(11)18)19(15,16)13-5-4-9(14)12-6-7-17-2/h8,13H,3-7H2,1-2H3,(H2,11,18)(H,12,14). The first-order chi connectivity index (χ1) is 8.85. The van der Waals surface area contributed by atoms with Crippen molar-refractivity contribution in [2.45, 2.75) is 25.0 Å². The molecule has 19 heavy (non-hydrogen) atoms. The zero-order valence-corrected chi connectivity index (χ0v) is 12.8. The van der Waals surface area contributed by atoms with E-state index in [0.29, 0.717) is 19.6 Å². The Kier molecular flexibility index (Phi) is 8.81. The average Bonchev–Trinajstić information content (AvgIpc) is 2.28. The molecule has 112 valence electrons. The molecular formula is C10H21N3O4S2. The number of hydrogen-bond acceptors (Lipinski definition) is 5. The number of sulfonamides is 1. The van der Waals surface area contributed by atoms with Gasteiger partial charge in [-0.25, -0.2) is 13.1 Å². The monoisotopic (exact) mass is 311 g/mol. The maximum Gasteiger partial charge on any atom is 0.221 e. The van der Waals surface area contributed by atoms with Gasteiger partial charge in [-0.15, -0.1) is 0 Å². The number of hydrogen-bond donors (Lipinski definition) is 3. The normalized spacial score (nSPS) is 12.9. The molecule has 7 nitrogen and oxygen atoms in total. The topological polar surface area (TPSA) is 111 Å². The Morgan fingerprint density at radius 3 is 2.53 bits per heavy atom. The maximum atomic E-state index is 11.8. The summed E-state index contributed by atoms with van der Waals surface area (Å²) < 4.78 is 30.7. The fraction of sp³-hybridized carbons (Fsp3) is 0.800. The molecule has 1 amide bonds. The third-order valence-electron chi connectivity index (χ3n) is 2.35. The van der Waals surface area contributed by atoms with Gasteiger partial charge < -0.3 is 15.8 Å². The molecule has 0 saturated heterocycles. The smallest absolute Gasteiger partial charge is 0.221 e. The molecule has 0 aromatic heterocycles. The first-order valence-corrected chi connectivity index (χ1v) is 7.84. The fourth-order valence-electron chi connectivity index (χ4n) is 1.36. The molecule has 0 aliphatic heterocycles. The summed E-state index contributed by atoms with van der Waals surface area (Å²) in [6.45, 7) is 2.50. The third kappa shape index (κ3) is 7.41. The van der Waals surface area contributed by atoms with Crippen molar-refractivity contribution in [2.24, 2.45) is 5.73 Å². The number of nitrogens with one attached hydrogen (secondary N) is 2. The highest BCUT2D eigenvalue weighted by atomic mass is 32.2. The van der Waals surface area contributed by atoms with Crippen molar-refractivity contribution >= 4 is 33.1 Å². The van der Waals surface area contributed by atoms with Crippen LogP contribution in [0.4, 0.5) is 0 Å². The fourth-order valence-corrected chi connectivity index (χ4v) is 3.24. The minimum absolute atomic E-state index is 0.0141. The second kappa shape index (κ2) is 9.18. The van der Waals surface area contributed by atoms with Gasteiger partial charge in [0, 0.05) is 26.6 Å². The van der Waals surface area contributed by atoms with Crippen LogP contribution in [0, 0.1) is 0 Å². The molecule has 0 aromatic rings. The summed E-state index contributed by atoms with van der Waals surface area (Å²) in [5.41, 5.74) is 5.36. The predicted octanol–water partition coefficient (Wildman–Crippen LogP) is -0.877. The molecule has 0 aliphatic carbocycles. The minimum Gasteiger partial charge on any atom is -0.392 e. The minimum atomic E-state index is -3.61. The SMILES string of the molecule is CCC(C(N)=S)S(=O)(=O)NCCC(=O)NCCOC. The van der Waals surface area contributed by atoms with Crippen LogP contribution in [-0.4, -0.2) is 51.4 Å². The molecule has 1 atom stereocenters. The van der Waals surface area contributed by atoms with Gasteiger partial charge in [-0.2, -0.15) is 0 Å². The number of carbonyl (C=O) groups excluding carboxylic acids is 1. The third-order valence-corrected chi connectivity index (χ3v) is 4.72. The number of thiocarbonyl (C=S) groups is 1. The Hall–Kier alpha value is -0.770. The van der Waals surface area contributed by atoms with Crippen molar-refractivity contribution < 1.29 is 17.9 Å². The lowest BCUT2D eigenvalue weighted by atomic mass is 10.3. The number of nitrogens with two attached hydrogens (primary N) is 1. The molecule has 0 fully saturated rings.